The van der Waals surface area contributed by atoms with Gasteiger partial charge in [0, 0.05) is 5.92 Å². The number of Topliss-reactive ketones (excluding diaryl/α,β-unsaturated/α-hetero) is 1. The van der Waals surface area contributed by atoms with E-state index in [4.69, 9.17) is 4.42 Å². The molecule has 0 saturated carbocycles. The summed E-state index contributed by atoms with van der Waals surface area (Å²) in [6.07, 6.45) is 0. The van der Waals surface area contributed by atoms with Crippen LogP contribution in [0, 0.1) is 0 Å². The van der Waals surface area contributed by atoms with E-state index in [-0.39, 0.29) is 23.7 Å². The summed E-state index contributed by atoms with van der Waals surface area (Å²) in [6, 6.07) is 2.90. The number of hydrogen-bond donors (Lipinski definition) is 1. The van der Waals surface area contributed by atoms with Crippen molar-refractivity contribution >= 4 is 23.0 Å². The van der Waals surface area contributed by atoms with E-state index in [0.29, 0.717) is 21.5 Å². The second kappa shape index (κ2) is 6.17. The lowest BCUT2D eigenvalue weighted by Gasteiger charge is -2.08. The van der Waals surface area contributed by atoms with Gasteiger partial charge in [-0.2, -0.15) is 0 Å². The Morgan fingerprint density at radius 2 is 1.76 bits per heavy atom. The first-order valence-corrected chi connectivity index (χ1v) is 7.45. The van der Waals surface area contributed by atoms with Crippen LogP contribution in [0.15, 0.2) is 16.5 Å². The summed E-state index contributed by atoms with van der Waals surface area (Å²) in [5.41, 5.74) is 0. The number of nitrogens with one attached hydrogen (secondary N) is 1. The minimum absolute atomic E-state index is 0.0504. The number of hydrogen-bond acceptors (Lipinski definition) is 6. The fourth-order valence-electron chi connectivity index (χ4n) is 1.63. The number of thiophene rings is 1. The fourth-order valence-corrected chi connectivity index (χ4v) is 2.44. The van der Waals surface area contributed by atoms with Crippen LogP contribution in [0.1, 0.15) is 70.8 Å². The van der Waals surface area contributed by atoms with Crippen molar-refractivity contribution in [1.29, 1.82) is 0 Å². The fraction of sp³-hybridized carbons (Fsp3) is 0.429. The highest BCUT2D eigenvalue weighted by molar-refractivity contribution is 7.15. The van der Waals surface area contributed by atoms with Crippen molar-refractivity contribution in [2.24, 2.45) is 0 Å². The maximum atomic E-state index is 12.1. The van der Waals surface area contributed by atoms with E-state index in [0.717, 1.165) is 0 Å². The van der Waals surface area contributed by atoms with Gasteiger partial charge in [0.05, 0.1) is 9.75 Å². The van der Waals surface area contributed by atoms with Crippen LogP contribution in [0.25, 0.3) is 0 Å². The topological polar surface area (TPSA) is 85.1 Å². The molecule has 2 rings (SSSR count). The molecule has 2 heterocycles. The summed E-state index contributed by atoms with van der Waals surface area (Å²) in [4.78, 5) is 24.4. The van der Waals surface area contributed by atoms with Crippen molar-refractivity contribution < 1.29 is 14.0 Å². The molecule has 21 heavy (non-hydrogen) atoms. The van der Waals surface area contributed by atoms with Gasteiger partial charge in [0.15, 0.2) is 5.78 Å². The minimum Gasteiger partial charge on any atom is -0.423 e. The predicted molar refractivity (Wildman–Crippen MR) is 78.6 cm³/mol. The number of aromatic nitrogens is 2. The third-order valence-electron chi connectivity index (χ3n) is 2.84. The van der Waals surface area contributed by atoms with E-state index in [1.165, 1.54) is 18.3 Å². The van der Waals surface area contributed by atoms with Gasteiger partial charge in [-0.15, -0.1) is 21.5 Å². The molecule has 1 amide bonds. The molecule has 1 atom stereocenters. The van der Waals surface area contributed by atoms with Crippen LogP contribution in [0.2, 0.25) is 0 Å². The molecule has 6 nitrogen and oxygen atoms in total. The SMILES string of the molecule is CC(=O)c1ccc(C(=O)NC(C)c2nnc(C(C)C)o2)s1. The van der Waals surface area contributed by atoms with E-state index in [9.17, 15) is 9.59 Å². The van der Waals surface area contributed by atoms with E-state index in [1.54, 1.807) is 19.1 Å². The molecule has 112 valence electrons. The van der Waals surface area contributed by atoms with Crippen molar-refractivity contribution in [2.45, 2.75) is 39.7 Å². The summed E-state index contributed by atoms with van der Waals surface area (Å²) < 4.78 is 5.50. The number of amides is 1. The van der Waals surface area contributed by atoms with Crippen LogP contribution in [0.4, 0.5) is 0 Å². The van der Waals surface area contributed by atoms with Crippen molar-refractivity contribution in [2.75, 3.05) is 0 Å². The predicted octanol–water partition coefficient (Wildman–Crippen LogP) is 2.95. The highest BCUT2D eigenvalue weighted by atomic mass is 32.1. The Balaban J connectivity index is 2.05. The van der Waals surface area contributed by atoms with Gasteiger partial charge in [-0.05, 0) is 26.0 Å². The van der Waals surface area contributed by atoms with Gasteiger partial charge in [0.25, 0.3) is 5.91 Å². The molecule has 0 saturated heterocycles. The zero-order chi connectivity index (χ0) is 15.6. The molecule has 0 spiro atoms. The Hall–Kier alpha value is -2.02. The van der Waals surface area contributed by atoms with Gasteiger partial charge in [-0.3, -0.25) is 9.59 Å². The average molecular weight is 307 g/mol. The lowest BCUT2D eigenvalue weighted by atomic mass is 10.2. The molecule has 0 aliphatic carbocycles. The van der Waals surface area contributed by atoms with Gasteiger partial charge in [-0.25, -0.2) is 0 Å². The maximum absolute atomic E-state index is 12.1. The molecule has 0 bridgehead atoms. The van der Waals surface area contributed by atoms with Crippen LogP contribution >= 0.6 is 11.3 Å². The molecule has 1 unspecified atom stereocenters. The zero-order valence-corrected chi connectivity index (χ0v) is 13.2. The van der Waals surface area contributed by atoms with Gasteiger partial charge in [0.2, 0.25) is 11.8 Å². The number of ketones is 1. The molecular weight excluding hydrogens is 290 g/mol. The third-order valence-corrected chi connectivity index (χ3v) is 4.03. The molecule has 2 aromatic rings. The first-order chi connectivity index (χ1) is 9.88. The van der Waals surface area contributed by atoms with Gasteiger partial charge < -0.3 is 9.73 Å². The second-order valence-electron chi connectivity index (χ2n) is 5.05. The molecular formula is C14H17N3O3S. The van der Waals surface area contributed by atoms with E-state index < -0.39 is 0 Å². The molecule has 0 aliphatic rings. The monoisotopic (exact) mass is 307 g/mol. The summed E-state index contributed by atoms with van der Waals surface area (Å²) in [6.45, 7) is 7.15. The maximum Gasteiger partial charge on any atom is 0.262 e. The van der Waals surface area contributed by atoms with Crippen molar-refractivity contribution in [3.05, 3.63) is 33.7 Å². The summed E-state index contributed by atoms with van der Waals surface area (Å²) in [7, 11) is 0. The largest absolute Gasteiger partial charge is 0.423 e. The minimum atomic E-state index is -0.389. The Labute approximate surface area is 126 Å². The quantitative estimate of drug-likeness (QED) is 0.858. The molecule has 0 fully saturated rings. The Bertz CT molecular complexity index is 660. The Morgan fingerprint density at radius 1 is 1.14 bits per heavy atom. The van der Waals surface area contributed by atoms with Crippen LogP contribution in [-0.4, -0.2) is 21.9 Å². The summed E-state index contributed by atoms with van der Waals surface area (Å²) in [5, 5.41) is 10.7. The number of carbonyl (C=O) groups excluding carboxylic acids is 2. The molecule has 2 aromatic heterocycles. The highest BCUT2D eigenvalue weighted by Crippen LogP contribution is 2.20. The van der Waals surface area contributed by atoms with Crippen LogP contribution in [0.3, 0.4) is 0 Å². The summed E-state index contributed by atoms with van der Waals surface area (Å²) >= 11 is 1.17. The van der Waals surface area contributed by atoms with Gasteiger partial charge in [0.1, 0.15) is 6.04 Å². The number of nitrogens with zero attached hydrogens (tertiary/aromatic N) is 2. The number of carbonyl (C=O) groups is 2. The van der Waals surface area contributed by atoms with Gasteiger partial charge >= 0.3 is 0 Å². The van der Waals surface area contributed by atoms with Crippen molar-refractivity contribution in [3.8, 4) is 0 Å². The van der Waals surface area contributed by atoms with Crippen LogP contribution < -0.4 is 5.32 Å². The van der Waals surface area contributed by atoms with Crippen molar-refractivity contribution in [1.82, 2.24) is 15.5 Å². The molecule has 0 radical (unpaired) electrons. The highest BCUT2D eigenvalue weighted by Gasteiger charge is 2.19. The molecule has 0 aliphatic heterocycles. The first-order valence-electron chi connectivity index (χ1n) is 6.63. The molecule has 0 aromatic carbocycles. The normalized spacial score (nSPS) is 12.4. The van der Waals surface area contributed by atoms with Crippen molar-refractivity contribution in [3.63, 3.8) is 0 Å². The van der Waals surface area contributed by atoms with Crippen LogP contribution in [0.5, 0.6) is 0 Å². The van der Waals surface area contributed by atoms with E-state index in [1.807, 2.05) is 13.8 Å². The molecule has 7 heteroatoms. The standard InChI is InChI=1S/C14H17N3O3S/c1-7(2)13-16-17-14(20-13)8(3)15-12(19)11-6-5-10(21-11)9(4)18/h5-8H,1-4H3,(H,15,19). The Kier molecular flexibility index (Phi) is 4.52. The summed E-state index contributed by atoms with van der Waals surface area (Å²) in [5.74, 6) is 0.746. The first kappa shape index (κ1) is 15.4. The number of rotatable bonds is 5. The van der Waals surface area contributed by atoms with E-state index >= 15 is 0 Å². The lowest BCUT2D eigenvalue weighted by molar-refractivity contribution is 0.0937. The average Bonchev–Trinajstić information content (AvgIpc) is 3.08. The second-order valence-corrected chi connectivity index (χ2v) is 6.13. The third kappa shape index (κ3) is 3.55. The van der Waals surface area contributed by atoms with Crippen LogP contribution in [-0.2, 0) is 0 Å². The Morgan fingerprint density at radius 3 is 2.29 bits per heavy atom. The van der Waals surface area contributed by atoms with Gasteiger partial charge in [-0.1, -0.05) is 13.8 Å². The smallest absolute Gasteiger partial charge is 0.262 e. The molecule has 1 N–H and O–H groups in total. The lowest BCUT2D eigenvalue weighted by Crippen LogP contribution is -2.26. The van der Waals surface area contributed by atoms with E-state index in [2.05, 4.69) is 15.5 Å². The zero-order valence-electron chi connectivity index (χ0n) is 12.3.